The third-order valence-corrected chi connectivity index (χ3v) is 6.37. The molecule has 2 aromatic heterocycles. The van der Waals surface area contributed by atoms with E-state index < -0.39 is 22.3 Å². The van der Waals surface area contributed by atoms with E-state index in [0.717, 1.165) is 34.0 Å². The van der Waals surface area contributed by atoms with Crippen molar-refractivity contribution in [2.24, 2.45) is 0 Å². The number of carbonyl (C=O) groups is 1. The van der Waals surface area contributed by atoms with E-state index in [0.29, 0.717) is 9.90 Å². The Morgan fingerprint density at radius 3 is 2.87 bits per heavy atom. The second-order valence-corrected chi connectivity index (χ2v) is 8.23. The van der Waals surface area contributed by atoms with Crippen molar-refractivity contribution in [3.05, 3.63) is 63.4 Å². The lowest BCUT2D eigenvalue weighted by atomic mass is 10.2. The van der Waals surface area contributed by atoms with Crippen molar-refractivity contribution in [3.8, 4) is 10.8 Å². The molecule has 0 bridgehead atoms. The fourth-order valence-electron chi connectivity index (χ4n) is 2.57. The van der Waals surface area contributed by atoms with Gasteiger partial charge in [-0.2, -0.15) is 4.39 Å². The zero-order chi connectivity index (χ0) is 21.3. The van der Waals surface area contributed by atoms with Crippen LogP contribution in [0.1, 0.15) is 0 Å². The van der Waals surface area contributed by atoms with Crippen molar-refractivity contribution in [3.63, 3.8) is 0 Å². The number of benzene rings is 2. The summed E-state index contributed by atoms with van der Waals surface area (Å²) in [6, 6.07) is 10.7. The number of aromatic nitrogens is 2. The molecule has 0 aliphatic heterocycles. The van der Waals surface area contributed by atoms with Crippen LogP contribution in [-0.4, -0.2) is 26.8 Å². The van der Waals surface area contributed by atoms with E-state index >= 15 is 0 Å². The van der Waals surface area contributed by atoms with Gasteiger partial charge in [-0.3, -0.25) is 14.9 Å². The van der Waals surface area contributed by atoms with E-state index in [2.05, 4.69) is 15.5 Å². The molecule has 30 heavy (non-hydrogen) atoms. The van der Waals surface area contributed by atoms with E-state index in [9.17, 15) is 19.3 Å². The summed E-state index contributed by atoms with van der Waals surface area (Å²) in [5.41, 5.74) is -0.612. The Morgan fingerprint density at radius 2 is 2.10 bits per heavy atom. The summed E-state index contributed by atoms with van der Waals surface area (Å²) in [6.45, 7) is 0. The zero-order valence-corrected chi connectivity index (χ0v) is 17.2. The fourth-order valence-corrected chi connectivity index (χ4v) is 4.56. The van der Waals surface area contributed by atoms with Gasteiger partial charge in [0.1, 0.15) is 4.88 Å². The molecule has 0 aliphatic rings. The van der Waals surface area contributed by atoms with E-state index in [1.54, 1.807) is 0 Å². The number of halogens is 2. The van der Waals surface area contributed by atoms with Crippen molar-refractivity contribution in [1.29, 1.82) is 0 Å². The average Bonchev–Trinajstić information content (AvgIpc) is 3.32. The molecule has 0 radical (unpaired) electrons. The van der Waals surface area contributed by atoms with Crippen LogP contribution in [-0.2, 0) is 4.79 Å². The number of nitrogens with zero attached hydrogens (tertiary/aromatic N) is 3. The number of nitro benzene ring substituents is 1. The molecule has 1 N–H and O–H groups in total. The third-order valence-electron chi connectivity index (χ3n) is 3.89. The van der Waals surface area contributed by atoms with Crippen LogP contribution in [0.5, 0.6) is 0 Å². The summed E-state index contributed by atoms with van der Waals surface area (Å²) < 4.78 is 19.9. The molecule has 4 aromatic rings. The lowest BCUT2D eigenvalue weighted by molar-refractivity contribution is -0.387. The quantitative estimate of drug-likeness (QED) is 0.231. The average molecular weight is 465 g/mol. The number of amides is 1. The lowest BCUT2D eigenvalue weighted by Crippen LogP contribution is -2.14. The molecule has 0 saturated heterocycles. The van der Waals surface area contributed by atoms with Crippen LogP contribution < -0.4 is 5.32 Å². The van der Waals surface area contributed by atoms with Crippen molar-refractivity contribution in [2.45, 2.75) is 5.22 Å². The van der Waals surface area contributed by atoms with Crippen LogP contribution in [0, 0.1) is 15.9 Å². The molecule has 1 amide bonds. The summed E-state index contributed by atoms with van der Waals surface area (Å²) in [6.07, 6.45) is 0. The standard InChI is InChI=1S/C18H10ClFN4O4S2/c19-15-10-3-1-2-4-13(10)30-16(15)17-22-23-18(28-17)29-8-14(25)21-9-5-6-11(20)12(7-9)24(26)27/h1-7H,8H2,(H,21,25). The molecule has 12 heteroatoms. The Bertz CT molecular complexity index is 1280. The molecule has 0 spiro atoms. The molecule has 2 heterocycles. The van der Waals surface area contributed by atoms with E-state index in [-0.39, 0.29) is 22.6 Å². The Hall–Kier alpha value is -3.02. The monoisotopic (exact) mass is 464 g/mol. The molecule has 0 atom stereocenters. The molecule has 2 aromatic carbocycles. The molecular weight excluding hydrogens is 455 g/mol. The van der Waals surface area contributed by atoms with Crippen molar-refractivity contribution >= 4 is 62.1 Å². The van der Waals surface area contributed by atoms with E-state index in [1.165, 1.54) is 17.4 Å². The number of hydrogen-bond acceptors (Lipinski definition) is 8. The van der Waals surface area contributed by atoms with Crippen LogP contribution in [0.15, 0.2) is 52.1 Å². The zero-order valence-electron chi connectivity index (χ0n) is 14.8. The molecule has 0 unspecified atom stereocenters. The van der Waals surface area contributed by atoms with Crippen LogP contribution in [0.25, 0.3) is 20.9 Å². The van der Waals surface area contributed by atoms with Crippen molar-refractivity contribution < 1.29 is 18.5 Å². The minimum absolute atomic E-state index is 0.0903. The smallest absolute Gasteiger partial charge is 0.306 e. The van der Waals surface area contributed by atoms with Gasteiger partial charge in [-0.15, -0.1) is 21.5 Å². The molecule has 0 fully saturated rings. The van der Waals surface area contributed by atoms with Gasteiger partial charge >= 0.3 is 5.69 Å². The highest BCUT2D eigenvalue weighted by molar-refractivity contribution is 7.99. The van der Waals surface area contributed by atoms with Crippen LogP contribution >= 0.6 is 34.7 Å². The third kappa shape index (κ3) is 4.13. The highest BCUT2D eigenvalue weighted by Gasteiger charge is 2.19. The van der Waals surface area contributed by atoms with Gasteiger partial charge in [0.2, 0.25) is 11.7 Å². The number of thiophene rings is 1. The number of thioether (sulfide) groups is 1. The Morgan fingerprint density at radius 1 is 1.30 bits per heavy atom. The Balaban J connectivity index is 1.42. The SMILES string of the molecule is O=C(CSc1nnc(-c2sc3ccccc3c2Cl)o1)Nc1ccc(F)c([N+](=O)[O-])c1. The van der Waals surface area contributed by atoms with Gasteiger partial charge in [-0.05, 0) is 18.2 Å². The molecule has 8 nitrogen and oxygen atoms in total. The summed E-state index contributed by atoms with van der Waals surface area (Å²) in [5, 5.41) is 22.7. The van der Waals surface area contributed by atoms with Crippen LogP contribution in [0.2, 0.25) is 5.02 Å². The maximum atomic E-state index is 13.4. The second kappa shape index (κ2) is 8.38. The molecular formula is C18H10ClFN4O4S2. The highest BCUT2D eigenvalue weighted by atomic mass is 35.5. The van der Waals surface area contributed by atoms with Crippen molar-refractivity contribution in [2.75, 3.05) is 11.1 Å². The number of hydrogen-bond donors (Lipinski definition) is 1. The first-order valence-electron chi connectivity index (χ1n) is 8.30. The van der Waals surface area contributed by atoms with Crippen LogP contribution in [0.4, 0.5) is 15.8 Å². The van der Waals surface area contributed by atoms with Crippen molar-refractivity contribution in [1.82, 2.24) is 10.2 Å². The Labute approximate surface area is 181 Å². The van der Waals surface area contributed by atoms with Gasteiger partial charge in [0, 0.05) is 21.8 Å². The van der Waals surface area contributed by atoms with Gasteiger partial charge in [-0.25, -0.2) is 0 Å². The number of carbonyl (C=O) groups excluding carboxylic acids is 1. The van der Waals surface area contributed by atoms with E-state index in [4.69, 9.17) is 16.0 Å². The first-order chi connectivity index (χ1) is 14.4. The number of nitro groups is 1. The molecule has 0 aliphatic carbocycles. The largest absolute Gasteiger partial charge is 0.410 e. The van der Waals surface area contributed by atoms with E-state index in [1.807, 2.05) is 24.3 Å². The van der Waals surface area contributed by atoms with Gasteiger partial charge in [0.25, 0.3) is 11.1 Å². The van der Waals surface area contributed by atoms with Gasteiger partial charge in [0.15, 0.2) is 0 Å². The summed E-state index contributed by atoms with van der Waals surface area (Å²) in [4.78, 5) is 22.7. The fraction of sp³-hybridized carbons (Fsp3) is 0.0556. The normalized spacial score (nSPS) is 11.0. The summed E-state index contributed by atoms with van der Waals surface area (Å²) in [5.74, 6) is -1.29. The maximum Gasteiger partial charge on any atom is 0.306 e. The first kappa shape index (κ1) is 20.3. The minimum Gasteiger partial charge on any atom is -0.410 e. The molecule has 0 saturated carbocycles. The predicted octanol–water partition coefficient (Wildman–Crippen LogP) is 5.38. The number of nitrogens with one attached hydrogen (secondary N) is 1. The van der Waals surface area contributed by atoms with Gasteiger partial charge < -0.3 is 9.73 Å². The highest BCUT2D eigenvalue weighted by Crippen LogP contribution is 2.41. The van der Waals surface area contributed by atoms with Gasteiger partial charge in [-0.1, -0.05) is 41.6 Å². The van der Waals surface area contributed by atoms with Crippen LogP contribution in [0.3, 0.4) is 0 Å². The first-order valence-corrected chi connectivity index (χ1v) is 10.5. The summed E-state index contributed by atoms with van der Waals surface area (Å²) in [7, 11) is 0. The van der Waals surface area contributed by atoms with Gasteiger partial charge in [0.05, 0.1) is 15.7 Å². The summed E-state index contributed by atoms with van der Waals surface area (Å²) >= 11 is 8.81. The Kier molecular flexibility index (Phi) is 5.66. The lowest BCUT2D eigenvalue weighted by Gasteiger charge is -2.04. The maximum absolute atomic E-state index is 13.4. The topological polar surface area (TPSA) is 111 Å². The number of rotatable bonds is 6. The predicted molar refractivity (Wildman–Crippen MR) is 113 cm³/mol. The molecule has 152 valence electrons. The number of fused-ring (bicyclic) bond motifs is 1. The minimum atomic E-state index is -0.981. The second-order valence-electron chi connectivity index (χ2n) is 5.87. The molecule has 4 rings (SSSR count). The number of anilines is 1.